The van der Waals surface area contributed by atoms with Gasteiger partial charge in [0.15, 0.2) is 5.16 Å². The molecular formula is C16H15ClN4O2S. The molecule has 0 saturated carbocycles. The summed E-state index contributed by atoms with van der Waals surface area (Å²) >= 11 is 7.12. The SMILES string of the molecule is CCc1nc(S[C@H](C)C(=O)Nc2ccccc2Cl)[nH]c(=O)c1C#N. The second-order valence-corrected chi connectivity index (χ2v) is 6.62. The number of rotatable bonds is 5. The van der Waals surface area contributed by atoms with Crippen LogP contribution >= 0.6 is 23.4 Å². The number of nitrogens with zero attached hydrogens (tertiary/aromatic N) is 2. The maximum Gasteiger partial charge on any atom is 0.269 e. The minimum Gasteiger partial charge on any atom is -0.324 e. The molecule has 24 heavy (non-hydrogen) atoms. The Balaban J connectivity index is 2.15. The maximum atomic E-state index is 12.3. The number of aromatic nitrogens is 2. The second-order valence-electron chi connectivity index (χ2n) is 4.89. The fourth-order valence-electron chi connectivity index (χ4n) is 1.94. The Morgan fingerprint density at radius 3 is 2.83 bits per heavy atom. The van der Waals surface area contributed by atoms with Crippen LogP contribution < -0.4 is 10.9 Å². The van der Waals surface area contributed by atoms with E-state index in [0.29, 0.717) is 28.0 Å². The van der Waals surface area contributed by atoms with Gasteiger partial charge in [-0.15, -0.1) is 0 Å². The van der Waals surface area contributed by atoms with E-state index < -0.39 is 10.8 Å². The molecule has 1 heterocycles. The first kappa shape index (κ1) is 18.0. The molecule has 0 unspecified atom stereocenters. The number of H-pyrrole nitrogens is 1. The van der Waals surface area contributed by atoms with Gasteiger partial charge < -0.3 is 10.3 Å². The van der Waals surface area contributed by atoms with Crippen molar-refractivity contribution in [3.63, 3.8) is 0 Å². The lowest BCUT2D eigenvalue weighted by atomic mass is 10.2. The van der Waals surface area contributed by atoms with Gasteiger partial charge in [0.05, 0.1) is 21.7 Å². The number of carbonyl (C=O) groups is 1. The Morgan fingerprint density at radius 1 is 1.50 bits per heavy atom. The Morgan fingerprint density at radius 2 is 2.21 bits per heavy atom. The number of carbonyl (C=O) groups excluding carboxylic acids is 1. The molecule has 0 fully saturated rings. The van der Waals surface area contributed by atoms with E-state index in [2.05, 4.69) is 15.3 Å². The molecule has 0 spiro atoms. The molecule has 1 amide bonds. The van der Waals surface area contributed by atoms with Crippen LogP contribution in [0.1, 0.15) is 25.1 Å². The highest BCUT2D eigenvalue weighted by atomic mass is 35.5. The van der Waals surface area contributed by atoms with E-state index in [1.165, 1.54) is 0 Å². The van der Waals surface area contributed by atoms with E-state index in [9.17, 15) is 9.59 Å². The van der Waals surface area contributed by atoms with Gasteiger partial charge in [0.1, 0.15) is 11.6 Å². The van der Waals surface area contributed by atoms with Crippen molar-refractivity contribution < 1.29 is 4.79 Å². The van der Waals surface area contributed by atoms with Crippen LogP contribution in [0.3, 0.4) is 0 Å². The van der Waals surface area contributed by atoms with Crippen LogP contribution in [0.15, 0.2) is 34.2 Å². The molecule has 1 aromatic heterocycles. The summed E-state index contributed by atoms with van der Waals surface area (Å²) in [6, 6.07) is 8.78. The van der Waals surface area contributed by atoms with E-state index in [0.717, 1.165) is 11.8 Å². The standard InChI is InChI=1S/C16H15ClN4O2S/c1-3-12-10(8-18)15(23)21-16(20-12)24-9(2)14(22)19-13-7-5-4-6-11(13)17/h4-7,9H,3H2,1-2H3,(H,19,22)(H,20,21,23)/t9-/m1/s1. The van der Waals surface area contributed by atoms with Gasteiger partial charge in [-0.25, -0.2) is 4.98 Å². The summed E-state index contributed by atoms with van der Waals surface area (Å²) in [6.07, 6.45) is 0.459. The molecular weight excluding hydrogens is 348 g/mol. The summed E-state index contributed by atoms with van der Waals surface area (Å²) in [5.41, 5.74) is 0.454. The van der Waals surface area contributed by atoms with E-state index in [4.69, 9.17) is 16.9 Å². The third-order valence-electron chi connectivity index (χ3n) is 3.21. The average molecular weight is 363 g/mol. The summed E-state index contributed by atoms with van der Waals surface area (Å²) in [5.74, 6) is -0.266. The lowest BCUT2D eigenvalue weighted by molar-refractivity contribution is -0.115. The Labute approximate surface area is 148 Å². The lowest BCUT2D eigenvalue weighted by Gasteiger charge is -2.12. The molecule has 0 aliphatic rings. The zero-order valence-electron chi connectivity index (χ0n) is 13.1. The number of thioether (sulfide) groups is 1. The number of para-hydroxylation sites is 1. The number of nitrogens with one attached hydrogen (secondary N) is 2. The van der Waals surface area contributed by atoms with Gasteiger partial charge in [0, 0.05) is 0 Å². The third kappa shape index (κ3) is 4.16. The minimum atomic E-state index is -0.512. The van der Waals surface area contributed by atoms with Gasteiger partial charge in [-0.05, 0) is 25.5 Å². The van der Waals surface area contributed by atoms with Crippen molar-refractivity contribution in [3.8, 4) is 6.07 Å². The fraction of sp³-hybridized carbons (Fsp3) is 0.250. The molecule has 1 aromatic carbocycles. The predicted octanol–water partition coefficient (Wildman–Crippen LogP) is 2.98. The summed E-state index contributed by atoms with van der Waals surface area (Å²) in [7, 11) is 0. The molecule has 0 aliphatic carbocycles. The number of benzene rings is 1. The van der Waals surface area contributed by atoms with Crippen molar-refractivity contribution in [2.75, 3.05) is 5.32 Å². The zero-order valence-corrected chi connectivity index (χ0v) is 14.7. The predicted molar refractivity (Wildman–Crippen MR) is 94.4 cm³/mol. The van der Waals surface area contributed by atoms with Crippen molar-refractivity contribution in [3.05, 3.63) is 50.9 Å². The van der Waals surface area contributed by atoms with Gasteiger partial charge in [0.25, 0.3) is 5.56 Å². The fourth-order valence-corrected chi connectivity index (χ4v) is 2.94. The van der Waals surface area contributed by atoms with Crippen molar-refractivity contribution >= 4 is 35.0 Å². The number of halogens is 1. The first-order valence-corrected chi connectivity index (χ1v) is 8.47. The van der Waals surface area contributed by atoms with Crippen molar-refractivity contribution in [1.29, 1.82) is 5.26 Å². The van der Waals surface area contributed by atoms with Gasteiger partial charge in [-0.1, -0.05) is 42.4 Å². The maximum absolute atomic E-state index is 12.3. The zero-order chi connectivity index (χ0) is 17.7. The number of aryl methyl sites for hydroxylation is 1. The highest BCUT2D eigenvalue weighted by Crippen LogP contribution is 2.24. The van der Waals surface area contributed by atoms with E-state index in [1.54, 1.807) is 31.2 Å². The Bertz CT molecular complexity index is 860. The van der Waals surface area contributed by atoms with Gasteiger partial charge in [0.2, 0.25) is 5.91 Å². The lowest BCUT2D eigenvalue weighted by Crippen LogP contribution is -2.24. The summed E-state index contributed by atoms with van der Waals surface area (Å²) in [5, 5.41) is 12.0. The molecule has 1 atom stereocenters. The molecule has 0 saturated heterocycles. The van der Waals surface area contributed by atoms with Gasteiger partial charge >= 0.3 is 0 Å². The van der Waals surface area contributed by atoms with E-state index in [1.807, 2.05) is 13.0 Å². The smallest absolute Gasteiger partial charge is 0.269 e. The first-order chi connectivity index (χ1) is 11.5. The third-order valence-corrected chi connectivity index (χ3v) is 4.52. The largest absolute Gasteiger partial charge is 0.324 e. The number of hydrogen-bond acceptors (Lipinski definition) is 5. The number of amides is 1. The minimum absolute atomic E-state index is 0.00928. The van der Waals surface area contributed by atoms with Crippen LogP contribution in [0.4, 0.5) is 5.69 Å². The molecule has 2 aromatic rings. The molecule has 2 rings (SSSR count). The number of hydrogen-bond donors (Lipinski definition) is 2. The van der Waals surface area contributed by atoms with Crippen LogP contribution in [0, 0.1) is 11.3 Å². The van der Waals surface area contributed by atoms with Crippen LogP contribution in [-0.2, 0) is 11.2 Å². The van der Waals surface area contributed by atoms with Crippen LogP contribution in [0.25, 0.3) is 0 Å². The average Bonchev–Trinajstić information content (AvgIpc) is 2.56. The highest BCUT2D eigenvalue weighted by molar-refractivity contribution is 8.00. The van der Waals surface area contributed by atoms with E-state index >= 15 is 0 Å². The highest BCUT2D eigenvalue weighted by Gasteiger charge is 2.18. The summed E-state index contributed by atoms with van der Waals surface area (Å²) < 4.78 is 0. The molecule has 0 radical (unpaired) electrons. The van der Waals surface area contributed by atoms with Crippen LogP contribution in [0.5, 0.6) is 0 Å². The van der Waals surface area contributed by atoms with Crippen molar-refractivity contribution in [1.82, 2.24) is 9.97 Å². The first-order valence-electron chi connectivity index (χ1n) is 7.21. The molecule has 124 valence electrons. The second kappa shape index (κ2) is 7.99. The van der Waals surface area contributed by atoms with Crippen molar-refractivity contribution in [2.45, 2.75) is 30.7 Å². The van der Waals surface area contributed by atoms with Crippen LogP contribution in [-0.4, -0.2) is 21.1 Å². The number of nitriles is 1. The molecule has 0 aliphatic heterocycles. The quantitative estimate of drug-likeness (QED) is 0.629. The topological polar surface area (TPSA) is 98.6 Å². The van der Waals surface area contributed by atoms with Gasteiger partial charge in [-0.2, -0.15) is 5.26 Å². The number of anilines is 1. The monoisotopic (exact) mass is 362 g/mol. The molecule has 8 heteroatoms. The summed E-state index contributed by atoms with van der Waals surface area (Å²) in [6.45, 7) is 3.51. The normalized spacial score (nSPS) is 11.6. The van der Waals surface area contributed by atoms with E-state index in [-0.39, 0.29) is 11.5 Å². The molecule has 2 N–H and O–H groups in total. The Hall–Kier alpha value is -2.30. The van der Waals surface area contributed by atoms with Crippen LogP contribution in [0.2, 0.25) is 5.02 Å². The van der Waals surface area contributed by atoms with Crippen molar-refractivity contribution in [2.24, 2.45) is 0 Å². The Kier molecular flexibility index (Phi) is 6.01. The molecule has 0 bridgehead atoms. The summed E-state index contributed by atoms with van der Waals surface area (Å²) in [4.78, 5) is 30.9. The van der Waals surface area contributed by atoms with Gasteiger partial charge in [-0.3, -0.25) is 9.59 Å². The molecule has 6 nitrogen and oxygen atoms in total. The number of aromatic amines is 1.